The Morgan fingerprint density at radius 1 is 0.967 bits per heavy atom. The molecule has 2 aromatic carbocycles. The highest BCUT2D eigenvalue weighted by Gasteiger charge is 2.28. The van der Waals surface area contributed by atoms with E-state index < -0.39 is 6.04 Å². The molecule has 0 unspecified atom stereocenters. The van der Waals surface area contributed by atoms with E-state index in [2.05, 4.69) is 37.4 Å². The lowest BCUT2D eigenvalue weighted by molar-refractivity contribution is -0.141. The zero-order valence-electron chi connectivity index (χ0n) is 19.3. The van der Waals surface area contributed by atoms with Crippen LogP contribution in [0, 0.1) is 26.7 Å². The number of hydrogen-bond acceptors (Lipinski definition) is 2. The normalized spacial score (nSPS) is 12.0. The first-order chi connectivity index (χ1) is 14.2. The summed E-state index contributed by atoms with van der Waals surface area (Å²) in [6, 6.07) is 13.8. The van der Waals surface area contributed by atoms with Crippen LogP contribution in [-0.4, -0.2) is 29.3 Å². The smallest absolute Gasteiger partial charge is 0.242 e. The van der Waals surface area contributed by atoms with Gasteiger partial charge in [-0.15, -0.1) is 0 Å². The third-order valence-corrected chi connectivity index (χ3v) is 5.39. The molecule has 0 saturated carbocycles. The lowest BCUT2D eigenvalue weighted by Gasteiger charge is -2.31. The molecular formula is C26H36N2O2. The Labute approximate surface area is 181 Å². The molecule has 0 saturated heterocycles. The van der Waals surface area contributed by atoms with Gasteiger partial charge >= 0.3 is 0 Å². The molecule has 0 fully saturated rings. The molecule has 162 valence electrons. The monoisotopic (exact) mass is 408 g/mol. The number of hydrogen-bond donors (Lipinski definition) is 1. The standard InChI is InChI=1S/C26H36N2O2/c1-7-24(26(30)27-16-18(2)3)28(17-22-12-9-19(4)10-13-22)25(29)15-23-14-20(5)8-11-21(23)6/h8-14,18,24H,7,15-17H2,1-6H3,(H,27,30)/t24-/m1/s1. The Morgan fingerprint density at radius 3 is 2.20 bits per heavy atom. The minimum Gasteiger partial charge on any atom is -0.354 e. The van der Waals surface area contributed by atoms with Gasteiger partial charge < -0.3 is 10.2 Å². The zero-order chi connectivity index (χ0) is 22.3. The molecule has 1 N–H and O–H groups in total. The van der Waals surface area contributed by atoms with Crippen molar-refractivity contribution in [2.75, 3.05) is 6.54 Å². The van der Waals surface area contributed by atoms with Gasteiger partial charge in [-0.25, -0.2) is 0 Å². The minimum atomic E-state index is -0.484. The summed E-state index contributed by atoms with van der Waals surface area (Å²) in [5, 5.41) is 3.01. The van der Waals surface area contributed by atoms with E-state index in [0.29, 0.717) is 31.8 Å². The van der Waals surface area contributed by atoms with Crippen molar-refractivity contribution in [2.24, 2.45) is 5.92 Å². The van der Waals surface area contributed by atoms with Crippen LogP contribution >= 0.6 is 0 Å². The highest BCUT2D eigenvalue weighted by Crippen LogP contribution is 2.18. The van der Waals surface area contributed by atoms with Gasteiger partial charge in [-0.3, -0.25) is 9.59 Å². The summed E-state index contributed by atoms with van der Waals surface area (Å²) in [5.41, 5.74) is 5.46. The Balaban J connectivity index is 2.30. The summed E-state index contributed by atoms with van der Waals surface area (Å²) in [6.45, 7) is 13.2. The number of carbonyl (C=O) groups excluding carboxylic acids is 2. The molecule has 0 heterocycles. The number of aryl methyl sites for hydroxylation is 3. The quantitative estimate of drug-likeness (QED) is 0.652. The number of benzene rings is 2. The van der Waals surface area contributed by atoms with Crippen molar-refractivity contribution >= 4 is 11.8 Å². The summed E-state index contributed by atoms with van der Waals surface area (Å²) < 4.78 is 0. The average Bonchev–Trinajstić information content (AvgIpc) is 2.70. The highest BCUT2D eigenvalue weighted by atomic mass is 16.2. The van der Waals surface area contributed by atoms with E-state index in [9.17, 15) is 9.59 Å². The molecule has 0 aliphatic heterocycles. The van der Waals surface area contributed by atoms with Gasteiger partial charge in [0.25, 0.3) is 0 Å². The third-order valence-electron chi connectivity index (χ3n) is 5.39. The maximum Gasteiger partial charge on any atom is 0.242 e. The van der Waals surface area contributed by atoms with Crippen LogP contribution in [0.15, 0.2) is 42.5 Å². The summed E-state index contributed by atoms with van der Waals surface area (Å²) in [4.78, 5) is 28.1. The lowest BCUT2D eigenvalue weighted by atomic mass is 10.0. The second-order valence-corrected chi connectivity index (χ2v) is 8.68. The molecule has 4 heteroatoms. The number of nitrogens with zero attached hydrogens (tertiary/aromatic N) is 1. The van der Waals surface area contributed by atoms with E-state index in [4.69, 9.17) is 0 Å². The molecule has 0 radical (unpaired) electrons. The van der Waals surface area contributed by atoms with Crippen LogP contribution in [0.3, 0.4) is 0 Å². The molecule has 0 aromatic heterocycles. The molecule has 0 aliphatic carbocycles. The largest absolute Gasteiger partial charge is 0.354 e. The first kappa shape index (κ1) is 23.7. The molecule has 2 amide bonds. The highest BCUT2D eigenvalue weighted by molar-refractivity contribution is 5.88. The SMILES string of the molecule is CC[C@H](C(=O)NCC(C)C)N(Cc1ccc(C)cc1)C(=O)Cc1cc(C)ccc1C. The molecule has 0 aliphatic rings. The predicted molar refractivity (Wildman–Crippen MR) is 123 cm³/mol. The fraction of sp³-hybridized carbons (Fsp3) is 0.462. The van der Waals surface area contributed by atoms with E-state index in [1.54, 1.807) is 4.90 Å². The van der Waals surface area contributed by atoms with Crippen LogP contribution in [0.25, 0.3) is 0 Å². The maximum absolute atomic E-state index is 13.4. The molecule has 4 nitrogen and oxygen atoms in total. The minimum absolute atomic E-state index is 0.0178. The maximum atomic E-state index is 13.4. The number of amides is 2. The Morgan fingerprint density at radius 2 is 1.60 bits per heavy atom. The summed E-state index contributed by atoms with van der Waals surface area (Å²) in [7, 11) is 0. The summed E-state index contributed by atoms with van der Waals surface area (Å²) >= 11 is 0. The molecular weight excluding hydrogens is 372 g/mol. The van der Waals surface area contributed by atoms with Crippen LogP contribution in [-0.2, 0) is 22.6 Å². The van der Waals surface area contributed by atoms with Gasteiger partial charge in [0.05, 0.1) is 6.42 Å². The van der Waals surface area contributed by atoms with Crippen molar-refractivity contribution in [1.29, 1.82) is 0 Å². The van der Waals surface area contributed by atoms with Crippen molar-refractivity contribution in [1.82, 2.24) is 10.2 Å². The number of carbonyl (C=O) groups is 2. The van der Waals surface area contributed by atoms with Gasteiger partial charge in [0, 0.05) is 13.1 Å². The van der Waals surface area contributed by atoms with Crippen LogP contribution in [0.4, 0.5) is 0 Å². The number of rotatable bonds is 9. The fourth-order valence-electron chi connectivity index (χ4n) is 3.49. The average molecular weight is 409 g/mol. The zero-order valence-corrected chi connectivity index (χ0v) is 19.3. The van der Waals surface area contributed by atoms with E-state index in [-0.39, 0.29) is 11.8 Å². The number of nitrogens with one attached hydrogen (secondary N) is 1. The fourth-order valence-corrected chi connectivity index (χ4v) is 3.49. The van der Waals surface area contributed by atoms with Gasteiger partial charge in [-0.2, -0.15) is 0 Å². The third kappa shape index (κ3) is 6.72. The first-order valence-corrected chi connectivity index (χ1v) is 10.9. The van der Waals surface area contributed by atoms with Crippen molar-refractivity contribution in [2.45, 2.75) is 67.0 Å². The topological polar surface area (TPSA) is 49.4 Å². The van der Waals surface area contributed by atoms with Crippen LogP contribution in [0.5, 0.6) is 0 Å². The van der Waals surface area contributed by atoms with Crippen molar-refractivity contribution in [3.05, 3.63) is 70.3 Å². The van der Waals surface area contributed by atoms with Crippen LogP contribution < -0.4 is 5.32 Å². The van der Waals surface area contributed by atoms with Crippen molar-refractivity contribution in [3.63, 3.8) is 0 Å². The molecule has 30 heavy (non-hydrogen) atoms. The van der Waals surface area contributed by atoms with Gasteiger partial charge in [-0.1, -0.05) is 74.4 Å². The van der Waals surface area contributed by atoms with Gasteiger partial charge in [0.15, 0.2) is 0 Å². The first-order valence-electron chi connectivity index (χ1n) is 10.9. The van der Waals surface area contributed by atoms with Crippen LogP contribution in [0.2, 0.25) is 0 Å². The molecule has 2 aromatic rings. The predicted octanol–water partition coefficient (Wildman–Crippen LogP) is 4.73. The van der Waals surface area contributed by atoms with E-state index in [0.717, 1.165) is 22.3 Å². The Hall–Kier alpha value is -2.62. The Kier molecular flexibility index (Phi) is 8.64. The van der Waals surface area contributed by atoms with Gasteiger partial charge in [0.1, 0.15) is 6.04 Å². The second-order valence-electron chi connectivity index (χ2n) is 8.68. The lowest BCUT2D eigenvalue weighted by Crippen LogP contribution is -2.50. The van der Waals surface area contributed by atoms with E-state index >= 15 is 0 Å². The Bertz CT molecular complexity index is 856. The van der Waals surface area contributed by atoms with E-state index in [1.165, 1.54) is 5.56 Å². The second kappa shape index (κ2) is 11.0. The summed E-state index contributed by atoms with van der Waals surface area (Å²) in [6.07, 6.45) is 0.877. The van der Waals surface area contributed by atoms with Crippen molar-refractivity contribution < 1.29 is 9.59 Å². The van der Waals surface area contributed by atoms with Crippen molar-refractivity contribution in [3.8, 4) is 0 Å². The molecule has 0 spiro atoms. The molecule has 2 rings (SSSR count). The summed E-state index contributed by atoms with van der Waals surface area (Å²) in [5.74, 6) is 0.270. The van der Waals surface area contributed by atoms with Crippen LogP contribution in [0.1, 0.15) is 55.0 Å². The van der Waals surface area contributed by atoms with E-state index in [1.807, 2.05) is 52.0 Å². The van der Waals surface area contributed by atoms with Gasteiger partial charge in [0.2, 0.25) is 11.8 Å². The molecule has 0 bridgehead atoms. The molecule has 1 atom stereocenters. The van der Waals surface area contributed by atoms with Gasteiger partial charge in [-0.05, 0) is 49.8 Å².